The van der Waals surface area contributed by atoms with Crippen molar-refractivity contribution in [3.05, 3.63) is 100 Å². The van der Waals surface area contributed by atoms with Crippen LogP contribution in [0.5, 0.6) is 5.75 Å². The number of benzene rings is 3. The second kappa shape index (κ2) is 8.73. The Morgan fingerprint density at radius 3 is 2.23 bits per heavy atom. The molecule has 4 rings (SSSR count). The first kappa shape index (κ1) is 20.8. The molecule has 0 radical (unpaired) electrons. The standard InChI is InChI=1S/C24H17F2NO3S/c1-30-18-10-7-16(8-11-18)21-22(31-14-15-5-3-2-4-6-15)24(29)27(23(21)28)17-9-12-19(25)20(26)13-17/h2-13H,14H2,1H3. The van der Waals surface area contributed by atoms with Crippen LogP contribution in [-0.2, 0) is 15.3 Å². The molecule has 0 unspecified atom stereocenters. The highest BCUT2D eigenvalue weighted by Gasteiger charge is 2.40. The Hall–Kier alpha value is -3.45. The van der Waals surface area contributed by atoms with Crippen molar-refractivity contribution < 1.29 is 23.1 Å². The van der Waals surface area contributed by atoms with E-state index in [1.807, 2.05) is 30.3 Å². The van der Waals surface area contributed by atoms with Gasteiger partial charge in [0.2, 0.25) is 0 Å². The summed E-state index contributed by atoms with van der Waals surface area (Å²) in [7, 11) is 1.53. The quantitative estimate of drug-likeness (QED) is 0.498. The highest BCUT2D eigenvalue weighted by atomic mass is 32.2. The summed E-state index contributed by atoms with van der Waals surface area (Å²) in [6.45, 7) is 0. The van der Waals surface area contributed by atoms with Crippen molar-refractivity contribution >= 4 is 34.8 Å². The zero-order valence-electron chi connectivity index (χ0n) is 16.5. The molecule has 0 saturated heterocycles. The van der Waals surface area contributed by atoms with Crippen LogP contribution in [0.3, 0.4) is 0 Å². The smallest absolute Gasteiger partial charge is 0.272 e. The molecule has 0 fully saturated rings. The summed E-state index contributed by atoms with van der Waals surface area (Å²) in [5.41, 5.74) is 1.73. The Morgan fingerprint density at radius 1 is 0.871 bits per heavy atom. The highest BCUT2D eigenvalue weighted by molar-refractivity contribution is 8.03. The van der Waals surface area contributed by atoms with Crippen LogP contribution in [0.1, 0.15) is 11.1 Å². The molecule has 2 amide bonds. The second-order valence-electron chi connectivity index (χ2n) is 6.75. The zero-order chi connectivity index (χ0) is 22.0. The van der Waals surface area contributed by atoms with Gasteiger partial charge < -0.3 is 4.74 Å². The maximum Gasteiger partial charge on any atom is 0.272 e. The van der Waals surface area contributed by atoms with E-state index >= 15 is 0 Å². The van der Waals surface area contributed by atoms with Crippen molar-refractivity contribution in [1.82, 2.24) is 0 Å². The van der Waals surface area contributed by atoms with Crippen LogP contribution in [0.2, 0.25) is 0 Å². The molecule has 7 heteroatoms. The van der Waals surface area contributed by atoms with Gasteiger partial charge in [-0.2, -0.15) is 0 Å². The fourth-order valence-electron chi connectivity index (χ4n) is 3.24. The molecular formula is C24H17F2NO3S. The van der Waals surface area contributed by atoms with Crippen LogP contribution >= 0.6 is 11.8 Å². The SMILES string of the molecule is COc1ccc(C2=C(SCc3ccccc3)C(=O)N(c3ccc(F)c(F)c3)C2=O)cc1. The molecule has 0 N–H and O–H groups in total. The number of carbonyl (C=O) groups is 2. The normalized spacial score (nSPS) is 13.8. The third-order valence-electron chi connectivity index (χ3n) is 4.81. The number of imide groups is 1. The van der Waals surface area contributed by atoms with Crippen LogP contribution in [0, 0.1) is 11.6 Å². The van der Waals surface area contributed by atoms with E-state index in [0.717, 1.165) is 22.6 Å². The number of methoxy groups -OCH3 is 1. The molecule has 3 aromatic rings. The molecule has 0 spiro atoms. The molecule has 0 aromatic heterocycles. The van der Waals surface area contributed by atoms with Gasteiger partial charge in [-0.25, -0.2) is 13.7 Å². The van der Waals surface area contributed by atoms with E-state index in [1.54, 1.807) is 24.3 Å². The molecule has 3 aromatic carbocycles. The monoisotopic (exact) mass is 437 g/mol. The Morgan fingerprint density at radius 2 is 1.58 bits per heavy atom. The first-order valence-electron chi connectivity index (χ1n) is 9.39. The number of rotatable bonds is 6. The Labute approximate surface area is 182 Å². The molecule has 4 nitrogen and oxygen atoms in total. The molecule has 1 aliphatic rings. The molecule has 0 bridgehead atoms. The van der Waals surface area contributed by atoms with Crippen LogP contribution in [0.25, 0.3) is 5.57 Å². The molecule has 1 heterocycles. The van der Waals surface area contributed by atoms with Crippen molar-refractivity contribution in [2.45, 2.75) is 5.75 Å². The number of amides is 2. The van der Waals surface area contributed by atoms with Gasteiger partial charge in [0.1, 0.15) is 5.75 Å². The lowest BCUT2D eigenvalue weighted by Crippen LogP contribution is -2.31. The van der Waals surface area contributed by atoms with E-state index in [0.29, 0.717) is 17.1 Å². The highest BCUT2D eigenvalue weighted by Crippen LogP contribution is 2.40. The van der Waals surface area contributed by atoms with E-state index in [1.165, 1.54) is 24.9 Å². The molecule has 156 valence electrons. The number of anilines is 1. The Bertz CT molecular complexity index is 1180. The van der Waals surface area contributed by atoms with Crippen molar-refractivity contribution in [1.29, 1.82) is 0 Å². The van der Waals surface area contributed by atoms with Crippen molar-refractivity contribution in [3.8, 4) is 5.75 Å². The molecule has 0 atom stereocenters. The maximum absolute atomic E-state index is 13.8. The summed E-state index contributed by atoms with van der Waals surface area (Å²) in [5, 5.41) is 0. The summed E-state index contributed by atoms with van der Waals surface area (Å²) in [4.78, 5) is 27.6. The number of hydrogen-bond acceptors (Lipinski definition) is 4. The van der Waals surface area contributed by atoms with Gasteiger partial charge in [-0.3, -0.25) is 9.59 Å². The van der Waals surface area contributed by atoms with Crippen LogP contribution in [0.4, 0.5) is 14.5 Å². The number of carbonyl (C=O) groups excluding carboxylic acids is 2. The minimum atomic E-state index is -1.13. The van der Waals surface area contributed by atoms with Gasteiger partial charge in [-0.15, -0.1) is 11.8 Å². The number of ether oxygens (including phenoxy) is 1. The largest absolute Gasteiger partial charge is 0.497 e. The average molecular weight is 437 g/mol. The van der Waals surface area contributed by atoms with Gasteiger partial charge in [0.25, 0.3) is 11.8 Å². The lowest BCUT2D eigenvalue weighted by atomic mass is 10.1. The van der Waals surface area contributed by atoms with Gasteiger partial charge in [0.15, 0.2) is 11.6 Å². The van der Waals surface area contributed by atoms with Gasteiger partial charge in [0.05, 0.1) is 23.3 Å². The van der Waals surface area contributed by atoms with E-state index < -0.39 is 23.4 Å². The summed E-state index contributed by atoms with van der Waals surface area (Å²) >= 11 is 1.24. The minimum Gasteiger partial charge on any atom is -0.497 e. The lowest BCUT2D eigenvalue weighted by Gasteiger charge is -2.15. The van der Waals surface area contributed by atoms with Gasteiger partial charge in [-0.05, 0) is 35.4 Å². The average Bonchev–Trinajstić information content (AvgIpc) is 3.04. The second-order valence-corrected chi connectivity index (χ2v) is 7.74. The predicted octanol–water partition coefficient (Wildman–Crippen LogP) is 5.19. The minimum absolute atomic E-state index is 0.0183. The van der Waals surface area contributed by atoms with E-state index in [4.69, 9.17) is 4.74 Å². The number of hydrogen-bond donors (Lipinski definition) is 0. The third-order valence-corrected chi connectivity index (χ3v) is 5.95. The summed E-state index contributed by atoms with van der Waals surface area (Å²) in [5.74, 6) is -2.25. The van der Waals surface area contributed by atoms with Gasteiger partial charge in [0, 0.05) is 11.8 Å². The van der Waals surface area contributed by atoms with Crippen LogP contribution in [0.15, 0.2) is 77.7 Å². The maximum atomic E-state index is 13.8. The molecule has 0 aliphatic carbocycles. The summed E-state index contributed by atoms with van der Waals surface area (Å²) in [6, 6.07) is 19.3. The topological polar surface area (TPSA) is 46.6 Å². The predicted molar refractivity (Wildman–Crippen MR) is 117 cm³/mol. The lowest BCUT2D eigenvalue weighted by molar-refractivity contribution is -0.119. The van der Waals surface area contributed by atoms with Gasteiger partial charge >= 0.3 is 0 Å². The van der Waals surface area contributed by atoms with Gasteiger partial charge in [-0.1, -0.05) is 42.5 Å². The van der Waals surface area contributed by atoms with Crippen LogP contribution in [-0.4, -0.2) is 18.9 Å². The van der Waals surface area contributed by atoms with Crippen molar-refractivity contribution in [3.63, 3.8) is 0 Å². The first-order chi connectivity index (χ1) is 15.0. The van der Waals surface area contributed by atoms with E-state index in [9.17, 15) is 18.4 Å². The number of nitrogens with zero attached hydrogens (tertiary/aromatic N) is 1. The summed E-state index contributed by atoms with van der Waals surface area (Å²) in [6.07, 6.45) is 0. The fourth-order valence-corrected chi connectivity index (χ4v) is 4.31. The zero-order valence-corrected chi connectivity index (χ0v) is 17.3. The summed E-state index contributed by atoms with van der Waals surface area (Å²) < 4.78 is 32.4. The van der Waals surface area contributed by atoms with Crippen molar-refractivity contribution in [2.75, 3.05) is 12.0 Å². The molecule has 31 heavy (non-hydrogen) atoms. The third kappa shape index (κ3) is 4.09. The Kier molecular flexibility index (Phi) is 5.86. The first-order valence-corrected chi connectivity index (χ1v) is 10.4. The molecule has 1 aliphatic heterocycles. The van der Waals surface area contributed by atoms with E-state index in [-0.39, 0.29) is 16.2 Å². The number of halogens is 2. The number of thioether (sulfide) groups is 1. The van der Waals surface area contributed by atoms with Crippen molar-refractivity contribution in [2.24, 2.45) is 0 Å². The molecule has 0 saturated carbocycles. The Balaban J connectivity index is 1.75. The molecular weight excluding hydrogens is 420 g/mol. The van der Waals surface area contributed by atoms with Crippen LogP contribution < -0.4 is 9.64 Å². The van der Waals surface area contributed by atoms with E-state index in [2.05, 4.69) is 0 Å². The fraction of sp³-hybridized carbons (Fsp3) is 0.0833.